The number of nitrogens with one attached hydrogen (secondary N) is 2. The number of aromatic hydroxyl groups is 1. The predicted octanol–water partition coefficient (Wildman–Crippen LogP) is 2.71. The lowest BCUT2D eigenvalue weighted by Gasteiger charge is -2.07. The van der Waals surface area contributed by atoms with Crippen molar-refractivity contribution >= 4 is 17.4 Å². The van der Waals surface area contributed by atoms with Crippen LogP contribution in [0.1, 0.15) is 0 Å². The van der Waals surface area contributed by atoms with E-state index in [0.717, 1.165) is 12.1 Å². The van der Waals surface area contributed by atoms with Crippen LogP contribution in [0.25, 0.3) is 0 Å². The fraction of sp³-hybridized carbons (Fsp3) is 0. The number of hydrogen-bond donors (Lipinski definition) is 3. The van der Waals surface area contributed by atoms with Crippen molar-refractivity contribution in [2.75, 3.05) is 10.6 Å². The van der Waals surface area contributed by atoms with E-state index in [4.69, 9.17) is 5.11 Å². The Kier molecular flexibility index (Phi) is 3.56. The van der Waals surface area contributed by atoms with Gasteiger partial charge in [0.2, 0.25) is 11.9 Å². The number of hydrogen-bond acceptors (Lipinski definition) is 3. The van der Waals surface area contributed by atoms with Gasteiger partial charge in [-0.1, -0.05) is 0 Å². The third kappa shape index (κ3) is 3.38. The van der Waals surface area contributed by atoms with Crippen LogP contribution in [0.15, 0.2) is 36.4 Å². The Morgan fingerprint density at radius 1 is 1.05 bits per heavy atom. The van der Waals surface area contributed by atoms with Gasteiger partial charge in [-0.2, -0.15) is 13.8 Å². The maximum Gasteiger partial charge on any atom is 0.323 e. The van der Waals surface area contributed by atoms with Gasteiger partial charge in [-0.15, -0.1) is 0 Å². The highest BCUT2D eigenvalue weighted by Gasteiger charge is 2.09. The Labute approximate surface area is 106 Å². The van der Waals surface area contributed by atoms with Crippen LogP contribution in [-0.4, -0.2) is 16.1 Å². The van der Waals surface area contributed by atoms with E-state index in [-0.39, 0.29) is 11.4 Å². The zero-order chi connectivity index (χ0) is 13.8. The number of rotatable bonds is 2. The van der Waals surface area contributed by atoms with Gasteiger partial charge < -0.3 is 15.7 Å². The summed E-state index contributed by atoms with van der Waals surface area (Å²) in [6.07, 6.45) is 0. The molecule has 5 nitrogen and oxygen atoms in total. The first kappa shape index (κ1) is 12.7. The first-order chi connectivity index (χ1) is 9.04. The zero-order valence-electron chi connectivity index (χ0n) is 9.52. The summed E-state index contributed by atoms with van der Waals surface area (Å²) in [7, 11) is 0. The second-order valence-corrected chi connectivity index (χ2v) is 3.60. The lowest BCUT2D eigenvalue weighted by molar-refractivity contribution is 0.262. The zero-order valence-corrected chi connectivity index (χ0v) is 9.52. The molecule has 2 amide bonds. The Morgan fingerprint density at radius 3 is 2.37 bits per heavy atom. The average molecular weight is 265 g/mol. The summed E-state index contributed by atoms with van der Waals surface area (Å²) in [6, 6.07) is 6.99. The molecule has 0 saturated carbocycles. The second kappa shape index (κ2) is 5.30. The van der Waals surface area contributed by atoms with Gasteiger partial charge in [0.1, 0.15) is 5.75 Å². The highest BCUT2D eigenvalue weighted by molar-refractivity contribution is 5.99. The smallest absolute Gasteiger partial charge is 0.323 e. The minimum absolute atomic E-state index is 0.0553. The average Bonchev–Trinajstić information content (AvgIpc) is 2.36. The van der Waals surface area contributed by atoms with Crippen LogP contribution >= 0.6 is 0 Å². The van der Waals surface area contributed by atoms with Gasteiger partial charge in [0, 0.05) is 5.69 Å². The van der Waals surface area contributed by atoms with E-state index in [2.05, 4.69) is 15.6 Å². The fourth-order valence-electron chi connectivity index (χ4n) is 1.33. The molecule has 1 aromatic carbocycles. The van der Waals surface area contributed by atoms with Crippen LogP contribution in [0.5, 0.6) is 5.75 Å². The third-order valence-corrected chi connectivity index (χ3v) is 2.19. The second-order valence-electron chi connectivity index (χ2n) is 3.60. The molecular formula is C12H9F2N3O2. The quantitative estimate of drug-likeness (QED) is 0.577. The van der Waals surface area contributed by atoms with Crippen LogP contribution in [0, 0.1) is 11.9 Å². The summed E-state index contributed by atoms with van der Waals surface area (Å²) >= 11 is 0. The maximum absolute atomic E-state index is 13.2. The highest BCUT2D eigenvalue weighted by Crippen LogP contribution is 2.15. The predicted molar refractivity (Wildman–Crippen MR) is 64.9 cm³/mol. The Hall–Kier alpha value is -2.70. The van der Waals surface area contributed by atoms with Crippen molar-refractivity contribution in [2.45, 2.75) is 0 Å². The monoisotopic (exact) mass is 265 g/mol. The van der Waals surface area contributed by atoms with Gasteiger partial charge in [0.05, 0.1) is 5.69 Å². The van der Waals surface area contributed by atoms with Crippen molar-refractivity contribution < 1.29 is 18.7 Å². The molecule has 1 heterocycles. The number of amides is 2. The van der Waals surface area contributed by atoms with E-state index >= 15 is 0 Å². The number of aromatic nitrogens is 1. The van der Waals surface area contributed by atoms with Crippen molar-refractivity contribution in [2.24, 2.45) is 0 Å². The van der Waals surface area contributed by atoms with E-state index in [0.29, 0.717) is 5.69 Å². The summed E-state index contributed by atoms with van der Waals surface area (Å²) in [5.41, 5.74) is 0.170. The van der Waals surface area contributed by atoms with Crippen LogP contribution in [0.4, 0.5) is 25.0 Å². The van der Waals surface area contributed by atoms with Crippen molar-refractivity contribution in [1.82, 2.24) is 4.98 Å². The normalized spacial score (nSPS) is 10.0. The summed E-state index contributed by atoms with van der Waals surface area (Å²) in [6.45, 7) is 0. The molecule has 0 saturated heterocycles. The van der Waals surface area contributed by atoms with E-state index in [1.54, 1.807) is 0 Å². The van der Waals surface area contributed by atoms with Gasteiger partial charge in [-0.05, 0) is 36.4 Å². The minimum Gasteiger partial charge on any atom is -0.508 e. The van der Waals surface area contributed by atoms with Crippen molar-refractivity contribution in [3.8, 4) is 5.75 Å². The molecule has 0 unspecified atom stereocenters. The van der Waals surface area contributed by atoms with Crippen molar-refractivity contribution in [3.63, 3.8) is 0 Å². The van der Waals surface area contributed by atoms with Crippen molar-refractivity contribution in [1.29, 1.82) is 0 Å². The standard InChI is InChI=1S/C12H9F2N3O2/c13-10-6-5-9(11(14)17-10)16-12(19)15-7-1-3-8(18)4-2-7/h1-6,18H,(H2,15,16,19). The van der Waals surface area contributed by atoms with E-state index in [1.165, 1.54) is 24.3 Å². The van der Waals surface area contributed by atoms with E-state index in [9.17, 15) is 13.6 Å². The SMILES string of the molecule is O=C(Nc1ccc(O)cc1)Nc1ccc(F)nc1F. The van der Waals surface area contributed by atoms with Crippen LogP contribution in [-0.2, 0) is 0 Å². The molecule has 1 aromatic heterocycles. The summed E-state index contributed by atoms with van der Waals surface area (Å²) in [5.74, 6) is -2.03. The largest absolute Gasteiger partial charge is 0.508 e. The van der Waals surface area contributed by atoms with Gasteiger partial charge >= 0.3 is 6.03 Å². The summed E-state index contributed by atoms with van der Waals surface area (Å²) in [5, 5.41) is 13.7. The lowest BCUT2D eigenvalue weighted by Crippen LogP contribution is -2.20. The lowest BCUT2D eigenvalue weighted by atomic mass is 10.3. The molecule has 2 aromatic rings. The summed E-state index contributed by atoms with van der Waals surface area (Å²) < 4.78 is 25.7. The fourth-order valence-corrected chi connectivity index (χ4v) is 1.33. The summed E-state index contributed by atoms with van der Waals surface area (Å²) in [4.78, 5) is 14.5. The molecule has 7 heteroatoms. The molecule has 0 aliphatic rings. The molecule has 0 atom stereocenters. The number of carbonyl (C=O) groups excluding carboxylic acids is 1. The molecule has 0 spiro atoms. The number of benzene rings is 1. The van der Waals surface area contributed by atoms with Crippen LogP contribution in [0.2, 0.25) is 0 Å². The number of nitrogens with zero attached hydrogens (tertiary/aromatic N) is 1. The molecule has 19 heavy (non-hydrogen) atoms. The van der Waals surface area contributed by atoms with Crippen LogP contribution in [0.3, 0.4) is 0 Å². The first-order valence-corrected chi connectivity index (χ1v) is 5.23. The number of halogens is 2. The molecule has 3 N–H and O–H groups in total. The molecular weight excluding hydrogens is 256 g/mol. The van der Waals surface area contributed by atoms with Crippen molar-refractivity contribution in [3.05, 3.63) is 48.3 Å². The van der Waals surface area contributed by atoms with E-state index < -0.39 is 17.9 Å². The Morgan fingerprint density at radius 2 is 1.74 bits per heavy atom. The number of urea groups is 1. The molecule has 0 bridgehead atoms. The third-order valence-electron chi connectivity index (χ3n) is 2.19. The number of phenols is 1. The van der Waals surface area contributed by atoms with Crippen LogP contribution < -0.4 is 10.6 Å². The molecule has 0 aliphatic heterocycles. The number of anilines is 2. The van der Waals surface area contributed by atoms with Gasteiger partial charge in [-0.3, -0.25) is 0 Å². The maximum atomic E-state index is 13.2. The molecule has 0 radical (unpaired) electrons. The topological polar surface area (TPSA) is 74.2 Å². The van der Waals surface area contributed by atoms with Gasteiger partial charge in [0.25, 0.3) is 0 Å². The molecule has 2 rings (SSSR count). The number of pyridine rings is 1. The number of phenolic OH excluding ortho intramolecular Hbond substituents is 1. The molecule has 98 valence electrons. The highest BCUT2D eigenvalue weighted by atomic mass is 19.1. The first-order valence-electron chi connectivity index (χ1n) is 5.23. The van der Waals surface area contributed by atoms with E-state index in [1.807, 2.05) is 0 Å². The molecule has 0 aliphatic carbocycles. The number of carbonyl (C=O) groups is 1. The van der Waals surface area contributed by atoms with Gasteiger partial charge in [-0.25, -0.2) is 4.79 Å². The minimum atomic E-state index is -1.11. The Bertz CT molecular complexity index is 602. The Balaban J connectivity index is 2.03. The molecule has 0 fully saturated rings. The van der Waals surface area contributed by atoms with Gasteiger partial charge in [0.15, 0.2) is 0 Å².